The molecule has 19 heavy (non-hydrogen) atoms. The summed E-state index contributed by atoms with van der Waals surface area (Å²) >= 11 is 0. The molecule has 0 fully saturated rings. The molecule has 0 unspecified atom stereocenters. The maximum atomic E-state index is 12.6. The SMILES string of the molecule is Cc1ccc(NCc2cccc([B-](F)(F)F)c2)cc1. The lowest BCUT2D eigenvalue weighted by atomic mass is 9.79. The van der Waals surface area contributed by atoms with Crippen LogP contribution < -0.4 is 10.8 Å². The maximum Gasteiger partial charge on any atom is 0.509 e. The van der Waals surface area contributed by atoms with Crippen molar-refractivity contribution in [2.24, 2.45) is 0 Å². The predicted molar refractivity (Wildman–Crippen MR) is 73.7 cm³/mol. The second kappa shape index (κ2) is 5.39. The first kappa shape index (κ1) is 13.5. The highest BCUT2D eigenvalue weighted by Crippen LogP contribution is 2.13. The molecule has 0 heterocycles. The summed E-state index contributed by atoms with van der Waals surface area (Å²) in [5, 5.41) is 3.11. The summed E-state index contributed by atoms with van der Waals surface area (Å²) in [6, 6.07) is 13.2. The molecular weight excluding hydrogens is 250 g/mol. The zero-order chi connectivity index (χ0) is 13.9. The Morgan fingerprint density at radius 1 is 1.00 bits per heavy atom. The van der Waals surface area contributed by atoms with Gasteiger partial charge in [0.1, 0.15) is 0 Å². The van der Waals surface area contributed by atoms with Gasteiger partial charge in [-0.1, -0.05) is 42.0 Å². The number of nitrogens with one attached hydrogen (secondary N) is 1. The largest absolute Gasteiger partial charge is 0.509 e. The van der Waals surface area contributed by atoms with E-state index in [-0.39, 0.29) is 0 Å². The van der Waals surface area contributed by atoms with Gasteiger partial charge in [-0.25, -0.2) is 0 Å². The van der Waals surface area contributed by atoms with Crippen molar-refractivity contribution >= 4 is 18.1 Å². The molecule has 0 aromatic heterocycles. The van der Waals surface area contributed by atoms with Crippen molar-refractivity contribution in [3.05, 3.63) is 59.7 Å². The van der Waals surface area contributed by atoms with Gasteiger partial charge >= 0.3 is 6.98 Å². The molecule has 2 aromatic rings. The van der Waals surface area contributed by atoms with Gasteiger partial charge in [0.05, 0.1) is 0 Å². The average molecular weight is 264 g/mol. The van der Waals surface area contributed by atoms with Gasteiger partial charge < -0.3 is 18.3 Å². The van der Waals surface area contributed by atoms with Crippen molar-refractivity contribution in [1.82, 2.24) is 0 Å². The van der Waals surface area contributed by atoms with Crippen LogP contribution in [-0.2, 0) is 6.54 Å². The molecule has 0 radical (unpaired) electrons. The number of halogens is 3. The van der Waals surface area contributed by atoms with Crippen LogP contribution in [0.2, 0.25) is 0 Å². The average Bonchev–Trinajstić information content (AvgIpc) is 2.37. The minimum atomic E-state index is -4.93. The van der Waals surface area contributed by atoms with Crippen LogP contribution in [0.25, 0.3) is 0 Å². The molecule has 0 bridgehead atoms. The Labute approximate surface area is 110 Å². The van der Waals surface area contributed by atoms with E-state index in [2.05, 4.69) is 5.32 Å². The minimum absolute atomic E-state index is 0.378. The summed E-state index contributed by atoms with van der Waals surface area (Å²) in [7, 11) is 0. The van der Waals surface area contributed by atoms with E-state index in [1.807, 2.05) is 31.2 Å². The lowest BCUT2D eigenvalue weighted by Gasteiger charge is -2.16. The topological polar surface area (TPSA) is 12.0 Å². The monoisotopic (exact) mass is 264 g/mol. The molecule has 0 saturated heterocycles. The Morgan fingerprint density at radius 2 is 1.68 bits per heavy atom. The maximum absolute atomic E-state index is 12.6. The van der Waals surface area contributed by atoms with Crippen LogP contribution in [0.1, 0.15) is 11.1 Å². The molecule has 2 aromatic carbocycles. The van der Waals surface area contributed by atoms with E-state index in [0.29, 0.717) is 12.1 Å². The zero-order valence-corrected chi connectivity index (χ0v) is 10.5. The van der Waals surface area contributed by atoms with Crippen LogP contribution in [0.5, 0.6) is 0 Å². The Kier molecular flexibility index (Phi) is 3.83. The van der Waals surface area contributed by atoms with Crippen molar-refractivity contribution in [2.75, 3.05) is 5.32 Å². The molecule has 0 aliphatic carbocycles. The Morgan fingerprint density at radius 3 is 2.32 bits per heavy atom. The zero-order valence-electron chi connectivity index (χ0n) is 10.5. The number of aryl methyl sites for hydroxylation is 1. The predicted octanol–water partition coefficient (Wildman–Crippen LogP) is 3.66. The van der Waals surface area contributed by atoms with Gasteiger partial charge in [0, 0.05) is 12.2 Å². The minimum Gasteiger partial charge on any atom is -0.445 e. The molecule has 0 aliphatic heterocycles. The highest BCUT2D eigenvalue weighted by Gasteiger charge is 2.25. The molecule has 2 rings (SSSR count). The van der Waals surface area contributed by atoms with Crippen LogP contribution in [0.3, 0.4) is 0 Å². The molecule has 0 amide bonds. The first-order chi connectivity index (χ1) is 8.95. The molecule has 0 aliphatic rings. The van der Waals surface area contributed by atoms with Crippen molar-refractivity contribution < 1.29 is 12.9 Å². The summed E-state index contributed by atoms with van der Waals surface area (Å²) < 4.78 is 37.9. The number of rotatable bonds is 4. The molecule has 0 saturated carbocycles. The second-order valence-corrected chi connectivity index (χ2v) is 4.54. The quantitative estimate of drug-likeness (QED) is 0.831. The van der Waals surface area contributed by atoms with Crippen LogP contribution >= 0.6 is 0 Å². The second-order valence-electron chi connectivity index (χ2n) is 4.54. The van der Waals surface area contributed by atoms with Crippen LogP contribution in [-0.4, -0.2) is 6.98 Å². The third-order valence-corrected chi connectivity index (χ3v) is 2.88. The number of anilines is 1. The Hall–Kier alpha value is -1.91. The lowest BCUT2D eigenvalue weighted by Crippen LogP contribution is -2.34. The first-order valence-electron chi connectivity index (χ1n) is 6.04. The lowest BCUT2D eigenvalue weighted by molar-refractivity contribution is 0.501. The fourth-order valence-corrected chi connectivity index (χ4v) is 1.78. The Bertz CT molecular complexity index is 549. The van der Waals surface area contributed by atoms with Crippen LogP contribution in [0, 0.1) is 6.92 Å². The van der Waals surface area contributed by atoms with Crippen molar-refractivity contribution in [1.29, 1.82) is 0 Å². The van der Waals surface area contributed by atoms with E-state index in [1.54, 1.807) is 6.07 Å². The smallest absolute Gasteiger partial charge is 0.445 e. The van der Waals surface area contributed by atoms with E-state index in [0.717, 1.165) is 17.3 Å². The molecule has 0 atom stereocenters. The van der Waals surface area contributed by atoms with E-state index < -0.39 is 12.4 Å². The van der Waals surface area contributed by atoms with Crippen LogP contribution in [0.15, 0.2) is 48.5 Å². The fraction of sp³-hybridized carbons (Fsp3) is 0.143. The summed E-state index contributed by atoms with van der Waals surface area (Å²) in [6.45, 7) is -2.57. The van der Waals surface area contributed by atoms with Gasteiger partial charge in [0.15, 0.2) is 0 Å². The molecular formula is C14H14BF3N-. The standard InChI is InChI=1S/C14H14BF3N/c1-11-5-7-14(8-6-11)19-10-12-3-2-4-13(9-12)15(16,17)18/h2-9,19H,10H2,1H3/q-1. The normalized spacial score (nSPS) is 11.4. The molecule has 5 heteroatoms. The molecule has 0 spiro atoms. The van der Waals surface area contributed by atoms with Gasteiger partial charge in [0.2, 0.25) is 0 Å². The number of hydrogen-bond donors (Lipinski definition) is 1. The number of benzene rings is 2. The molecule has 1 N–H and O–H groups in total. The van der Waals surface area contributed by atoms with E-state index in [4.69, 9.17) is 0 Å². The van der Waals surface area contributed by atoms with Gasteiger partial charge in [-0.15, -0.1) is 5.46 Å². The van der Waals surface area contributed by atoms with Crippen molar-refractivity contribution in [3.8, 4) is 0 Å². The molecule has 100 valence electrons. The van der Waals surface area contributed by atoms with E-state index in [1.165, 1.54) is 12.1 Å². The summed E-state index contributed by atoms with van der Waals surface area (Å²) in [5.41, 5.74) is 2.11. The summed E-state index contributed by atoms with van der Waals surface area (Å²) in [6.07, 6.45) is 0. The fourth-order valence-electron chi connectivity index (χ4n) is 1.78. The summed E-state index contributed by atoms with van der Waals surface area (Å²) in [5.74, 6) is 0. The van der Waals surface area contributed by atoms with E-state index in [9.17, 15) is 12.9 Å². The van der Waals surface area contributed by atoms with Crippen molar-refractivity contribution in [2.45, 2.75) is 13.5 Å². The van der Waals surface area contributed by atoms with Crippen LogP contribution in [0.4, 0.5) is 18.6 Å². The van der Waals surface area contributed by atoms with Gasteiger partial charge in [-0.2, -0.15) is 0 Å². The van der Waals surface area contributed by atoms with Crippen molar-refractivity contribution in [3.63, 3.8) is 0 Å². The third kappa shape index (κ3) is 3.78. The highest BCUT2D eigenvalue weighted by atomic mass is 19.4. The summed E-state index contributed by atoms with van der Waals surface area (Å²) in [4.78, 5) is 0. The van der Waals surface area contributed by atoms with Gasteiger partial charge in [-0.3, -0.25) is 0 Å². The van der Waals surface area contributed by atoms with E-state index >= 15 is 0 Å². The van der Waals surface area contributed by atoms with Gasteiger partial charge in [0.25, 0.3) is 0 Å². The van der Waals surface area contributed by atoms with Gasteiger partial charge in [-0.05, 0) is 24.6 Å². The third-order valence-electron chi connectivity index (χ3n) is 2.88. The Balaban J connectivity index is 2.05. The number of hydrogen-bond acceptors (Lipinski definition) is 1. The highest BCUT2D eigenvalue weighted by molar-refractivity contribution is 6.73. The first-order valence-corrected chi connectivity index (χ1v) is 6.04. The molecule has 1 nitrogen and oxygen atoms in total.